The Morgan fingerprint density at radius 1 is 1.50 bits per heavy atom. The van der Waals surface area contributed by atoms with Crippen LogP contribution in [-0.4, -0.2) is 34.7 Å². The van der Waals surface area contributed by atoms with Crippen LogP contribution in [0.1, 0.15) is 37.8 Å². The summed E-state index contributed by atoms with van der Waals surface area (Å²) in [5.74, 6) is -0.945. The average Bonchev–Trinajstić information content (AvgIpc) is 2.87. The van der Waals surface area contributed by atoms with Crippen molar-refractivity contribution in [2.75, 3.05) is 11.9 Å². The van der Waals surface area contributed by atoms with Gasteiger partial charge in [-0.1, -0.05) is 0 Å². The van der Waals surface area contributed by atoms with E-state index in [4.69, 9.17) is 9.84 Å². The Bertz CT molecular complexity index is 469. The molecular formula is C13H18N2O4S. The van der Waals surface area contributed by atoms with E-state index in [-0.39, 0.29) is 18.4 Å². The first-order chi connectivity index (χ1) is 9.65. The van der Waals surface area contributed by atoms with Crippen LogP contribution in [0.4, 0.5) is 5.13 Å². The highest BCUT2D eigenvalue weighted by atomic mass is 32.1. The highest BCUT2D eigenvalue weighted by Gasteiger charge is 2.22. The summed E-state index contributed by atoms with van der Waals surface area (Å²) in [5, 5.41) is 13.7. The predicted molar refractivity (Wildman–Crippen MR) is 74.9 cm³/mol. The molecule has 0 aliphatic carbocycles. The fourth-order valence-corrected chi connectivity index (χ4v) is 2.78. The molecule has 1 atom stereocenters. The van der Waals surface area contributed by atoms with Gasteiger partial charge >= 0.3 is 5.97 Å². The van der Waals surface area contributed by atoms with Gasteiger partial charge in [-0.2, -0.15) is 0 Å². The average molecular weight is 298 g/mol. The molecule has 0 radical (unpaired) electrons. The van der Waals surface area contributed by atoms with E-state index in [1.165, 1.54) is 11.3 Å². The molecule has 1 aromatic rings. The van der Waals surface area contributed by atoms with Crippen molar-refractivity contribution in [2.45, 2.75) is 44.6 Å². The number of nitrogens with zero attached hydrogens (tertiary/aromatic N) is 1. The fraction of sp³-hybridized carbons (Fsp3) is 0.615. The maximum Gasteiger partial charge on any atom is 0.303 e. The molecular weight excluding hydrogens is 280 g/mol. The first-order valence-electron chi connectivity index (χ1n) is 6.74. The zero-order valence-electron chi connectivity index (χ0n) is 11.1. The second-order valence-corrected chi connectivity index (χ2v) is 5.59. The maximum atomic E-state index is 11.9. The highest BCUT2D eigenvalue weighted by Crippen LogP contribution is 2.19. The second kappa shape index (κ2) is 7.35. The van der Waals surface area contributed by atoms with Gasteiger partial charge in [0.25, 0.3) is 5.91 Å². The molecule has 1 aliphatic heterocycles. The van der Waals surface area contributed by atoms with Gasteiger partial charge in [-0.15, -0.1) is 11.3 Å². The minimum absolute atomic E-state index is 0.134. The summed E-state index contributed by atoms with van der Waals surface area (Å²) in [6, 6.07) is 0. The zero-order valence-corrected chi connectivity index (χ0v) is 11.9. The zero-order chi connectivity index (χ0) is 14.4. The Kier molecular flexibility index (Phi) is 5.49. The molecule has 2 heterocycles. The van der Waals surface area contributed by atoms with E-state index in [0.717, 1.165) is 25.0 Å². The van der Waals surface area contributed by atoms with Crippen molar-refractivity contribution >= 4 is 28.3 Å². The van der Waals surface area contributed by atoms with Crippen molar-refractivity contribution in [3.63, 3.8) is 0 Å². The third-order valence-corrected chi connectivity index (χ3v) is 3.88. The van der Waals surface area contributed by atoms with Gasteiger partial charge in [-0.3, -0.25) is 14.9 Å². The van der Waals surface area contributed by atoms with Crippen LogP contribution >= 0.6 is 11.3 Å². The molecule has 0 aromatic carbocycles. The number of aryl methyl sites for hydroxylation is 1. The summed E-state index contributed by atoms with van der Waals surface area (Å²) in [5.41, 5.74) is 0.816. The third kappa shape index (κ3) is 4.57. The number of ether oxygens (including phenoxy) is 1. The molecule has 0 spiro atoms. The van der Waals surface area contributed by atoms with Crippen LogP contribution in [-0.2, 0) is 20.7 Å². The van der Waals surface area contributed by atoms with Crippen LogP contribution in [0.2, 0.25) is 0 Å². The number of carboxylic acids is 1. The van der Waals surface area contributed by atoms with Gasteiger partial charge in [0.15, 0.2) is 5.13 Å². The number of carboxylic acid groups (broad SMARTS) is 1. The van der Waals surface area contributed by atoms with Crippen LogP contribution in [0.15, 0.2) is 5.38 Å². The Balaban J connectivity index is 1.79. The largest absolute Gasteiger partial charge is 0.481 e. The first kappa shape index (κ1) is 14.9. The molecule has 1 amide bonds. The molecule has 0 bridgehead atoms. The van der Waals surface area contributed by atoms with E-state index in [0.29, 0.717) is 24.6 Å². The normalized spacial score (nSPS) is 18.7. The van der Waals surface area contributed by atoms with E-state index in [1.807, 2.05) is 5.38 Å². The van der Waals surface area contributed by atoms with Gasteiger partial charge in [0.1, 0.15) is 6.10 Å². The fourth-order valence-electron chi connectivity index (χ4n) is 2.03. The third-order valence-electron chi connectivity index (χ3n) is 3.08. The molecule has 1 saturated heterocycles. The summed E-state index contributed by atoms with van der Waals surface area (Å²) >= 11 is 1.35. The van der Waals surface area contributed by atoms with Crippen LogP contribution in [0.5, 0.6) is 0 Å². The summed E-state index contributed by atoms with van der Waals surface area (Å²) in [7, 11) is 0. The smallest absolute Gasteiger partial charge is 0.303 e. The molecule has 20 heavy (non-hydrogen) atoms. The summed E-state index contributed by atoms with van der Waals surface area (Å²) < 4.78 is 5.41. The number of rotatable bonds is 6. The van der Waals surface area contributed by atoms with Gasteiger partial charge in [-0.25, -0.2) is 4.98 Å². The van der Waals surface area contributed by atoms with E-state index in [2.05, 4.69) is 10.3 Å². The lowest BCUT2D eigenvalue weighted by Gasteiger charge is -2.20. The lowest BCUT2D eigenvalue weighted by Crippen LogP contribution is -2.33. The van der Waals surface area contributed by atoms with Crippen molar-refractivity contribution in [1.82, 2.24) is 4.98 Å². The number of hydrogen-bond acceptors (Lipinski definition) is 5. The van der Waals surface area contributed by atoms with Crippen molar-refractivity contribution in [3.8, 4) is 0 Å². The first-order valence-corrected chi connectivity index (χ1v) is 7.62. The molecule has 2 N–H and O–H groups in total. The monoisotopic (exact) mass is 298 g/mol. The van der Waals surface area contributed by atoms with Gasteiger partial charge < -0.3 is 9.84 Å². The number of thiazole rings is 1. The van der Waals surface area contributed by atoms with Crippen molar-refractivity contribution < 1.29 is 19.4 Å². The quantitative estimate of drug-likeness (QED) is 0.839. The van der Waals surface area contributed by atoms with E-state index in [1.54, 1.807) is 0 Å². The van der Waals surface area contributed by atoms with Crippen LogP contribution in [0, 0.1) is 0 Å². The number of anilines is 1. The number of hydrogen-bond donors (Lipinski definition) is 2. The van der Waals surface area contributed by atoms with E-state index in [9.17, 15) is 9.59 Å². The second-order valence-electron chi connectivity index (χ2n) is 4.74. The molecule has 1 aromatic heterocycles. The maximum absolute atomic E-state index is 11.9. The number of nitrogens with one attached hydrogen (secondary N) is 1. The molecule has 1 unspecified atom stereocenters. The minimum Gasteiger partial charge on any atom is -0.481 e. The standard InChI is InChI=1S/C13H18N2O4S/c16-11(17)6-3-4-9-8-20-13(14-9)15-12(18)10-5-1-2-7-19-10/h8,10H,1-7H2,(H,16,17)(H,14,15,18). The minimum atomic E-state index is -0.803. The molecule has 1 aliphatic rings. The molecule has 6 nitrogen and oxygen atoms in total. The molecule has 110 valence electrons. The summed E-state index contributed by atoms with van der Waals surface area (Å²) in [4.78, 5) is 26.6. The number of amides is 1. The Hall–Kier alpha value is -1.47. The van der Waals surface area contributed by atoms with Gasteiger partial charge in [0.05, 0.1) is 5.69 Å². The van der Waals surface area contributed by atoms with Crippen LogP contribution in [0.25, 0.3) is 0 Å². The highest BCUT2D eigenvalue weighted by molar-refractivity contribution is 7.13. The number of aromatic nitrogens is 1. The summed E-state index contributed by atoms with van der Waals surface area (Å²) in [6.45, 7) is 0.635. The number of carbonyl (C=O) groups is 2. The van der Waals surface area contributed by atoms with Gasteiger partial charge in [0, 0.05) is 18.4 Å². The lowest BCUT2D eigenvalue weighted by atomic mass is 10.1. The van der Waals surface area contributed by atoms with Crippen LogP contribution < -0.4 is 5.32 Å². The number of carbonyl (C=O) groups excluding carboxylic acids is 1. The molecule has 1 fully saturated rings. The lowest BCUT2D eigenvalue weighted by molar-refractivity contribution is -0.137. The van der Waals surface area contributed by atoms with Crippen molar-refractivity contribution in [2.24, 2.45) is 0 Å². The van der Waals surface area contributed by atoms with Crippen molar-refractivity contribution in [3.05, 3.63) is 11.1 Å². The predicted octanol–water partition coefficient (Wildman–Crippen LogP) is 2.06. The Labute approximate surface area is 121 Å². The Morgan fingerprint density at radius 2 is 2.35 bits per heavy atom. The van der Waals surface area contributed by atoms with Gasteiger partial charge in [0.2, 0.25) is 0 Å². The number of aliphatic carboxylic acids is 1. The van der Waals surface area contributed by atoms with Gasteiger partial charge in [-0.05, 0) is 32.1 Å². The van der Waals surface area contributed by atoms with E-state index < -0.39 is 5.97 Å². The molecule has 0 saturated carbocycles. The van der Waals surface area contributed by atoms with Crippen LogP contribution in [0.3, 0.4) is 0 Å². The molecule has 2 rings (SSSR count). The van der Waals surface area contributed by atoms with E-state index >= 15 is 0 Å². The molecule has 7 heteroatoms. The topological polar surface area (TPSA) is 88.5 Å². The summed E-state index contributed by atoms with van der Waals surface area (Å²) in [6.07, 6.45) is 3.70. The SMILES string of the molecule is O=C(O)CCCc1csc(NC(=O)C2CCCCO2)n1. The Morgan fingerprint density at radius 3 is 3.05 bits per heavy atom. The van der Waals surface area contributed by atoms with Crippen molar-refractivity contribution in [1.29, 1.82) is 0 Å².